The van der Waals surface area contributed by atoms with E-state index in [1.54, 1.807) is 53.6 Å². The lowest BCUT2D eigenvalue weighted by molar-refractivity contribution is -0.120. The highest BCUT2D eigenvalue weighted by Crippen LogP contribution is 2.50. The number of imidazole rings is 1. The van der Waals surface area contributed by atoms with Gasteiger partial charge in [-0.25, -0.2) is 22.5 Å². The number of sulfonamides is 1. The maximum atomic E-state index is 14.5. The summed E-state index contributed by atoms with van der Waals surface area (Å²) < 4.78 is 45.9. The van der Waals surface area contributed by atoms with Gasteiger partial charge in [0.05, 0.1) is 11.4 Å². The molecule has 41 heavy (non-hydrogen) atoms. The third-order valence-corrected chi connectivity index (χ3v) is 9.77. The monoisotopic (exact) mass is 572 g/mol. The molecule has 0 spiro atoms. The minimum atomic E-state index is -3.74. The van der Waals surface area contributed by atoms with Crippen molar-refractivity contribution in [3.8, 4) is 0 Å². The number of nitrogens with zero attached hydrogens (tertiary/aromatic N) is 3. The lowest BCUT2D eigenvalue weighted by Gasteiger charge is -2.29. The maximum Gasteiger partial charge on any atom is 0.241 e. The smallest absolute Gasteiger partial charge is 0.241 e. The predicted octanol–water partition coefficient (Wildman–Crippen LogP) is 5.56. The van der Waals surface area contributed by atoms with E-state index in [1.165, 1.54) is 6.07 Å². The van der Waals surface area contributed by atoms with Crippen molar-refractivity contribution < 1.29 is 17.6 Å². The van der Waals surface area contributed by atoms with Crippen molar-refractivity contribution in [2.45, 2.75) is 56.0 Å². The summed E-state index contributed by atoms with van der Waals surface area (Å²) in [7, 11) is -1.86. The Hall–Kier alpha value is -3.82. The van der Waals surface area contributed by atoms with Crippen molar-refractivity contribution in [3.63, 3.8) is 0 Å². The van der Waals surface area contributed by atoms with Gasteiger partial charge in [0.15, 0.2) is 0 Å². The number of amides is 1. The van der Waals surface area contributed by atoms with Gasteiger partial charge in [0.2, 0.25) is 15.9 Å². The fourth-order valence-corrected chi connectivity index (χ4v) is 7.07. The van der Waals surface area contributed by atoms with Crippen LogP contribution in [0.25, 0.3) is 0 Å². The van der Waals surface area contributed by atoms with Gasteiger partial charge in [-0.2, -0.15) is 0 Å². The van der Waals surface area contributed by atoms with Crippen LogP contribution in [-0.4, -0.2) is 23.9 Å². The normalized spacial score (nSPS) is 19.9. The van der Waals surface area contributed by atoms with Gasteiger partial charge in [-0.05, 0) is 85.5 Å². The fraction of sp³-hybridized carbons (Fsp3) is 0.312. The highest BCUT2D eigenvalue weighted by molar-refractivity contribution is 7.89. The van der Waals surface area contributed by atoms with E-state index < -0.39 is 16.1 Å². The lowest BCUT2D eigenvalue weighted by Crippen LogP contribution is -2.34. The first-order chi connectivity index (χ1) is 19.7. The molecular formula is C32H33FN4O3S. The van der Waals surface area contributed by atoms with Crippen LogP contribution in [0.15, 0.2) is 84.0 Å². The SMILES string of the molecule is Cc1ccc(S(=O)(=O)N[C@@H]2CCCc3ccc(N(Cc4nccn4C)C(=O)[C@H]4C[C@H]4c4ccccc4F)cc32)cc1. The maximum absolute atomic E-state index is 14.5. The molecule has 6 rings (SSSR count). The highest BCUT2D eigenvalue weighted by Gasteiger charge is 2.47. The minimum Gasteiger partial charge on any atom is -0.337 e. The number of benzene rings is 3. The molecule has 212 valence electrons. The van der Waals surface area contributed by atoms with Crippen LogP contribution < -0.4 is 9.62 Å². The summed E-state index contributed by atoms with van der Waals surface area (Å²) in [5, 5.41) is 0. The van der Waals surface area contributed by atoms with E-state index in [-0.39, 0.29) is 35.0 Å². The Balaban J connectivity index is 1.32. The van der Waals surface area contributed by atoms with E-state index >= 15 is 0 Å². The van der Waals surface area contributed by atoms with E-state index in [0.29, 0.717) is 24.1 Å². The number of nitrogens with one attached hydrogen (secondary N) is 1. The molecule has 0 aliphatic heterocycles. The standard InChI is InChI=1S/C32H33FN4O3S/c1-21-10-14-24(15-11-21)41(39,40)35-30-9-5-6-22-12-13-23(18-26(22)30)37(20-31-34-16-17-36(31)2)32(38)28-19-27(28)25-7-3-4-8-29(25)33/h3-4,7-8,10-18,27-28,30,35H,5-6,9,19-20H2,1-2H3/t27-,28-,30+/m0/s1. The molecule has 7 nitrogen and oxygen atoms in total. The molecule has 0 radical (unpaired) electrons. The molecule has 1 N–H and O–H groups in total. The summed E-state index contributed by atoms with van der Waals surface area (Å²) in [4.78, 5) is 20.4. The van der Waals surface area contributed by atoms with Gasteiger partial charge in [0, 0.05) is 37.1 Å². The first-order valence-corrected chi connectivity index (χ1v) is 15.4. The summed E-state index contributed by atoms with van der Waals surface area (Å²) in [5.74, 6) is -0.163. The van der Waals surface area contributed by atoms with E-state index in [2.05, 4.69) is 9.71 Å². The molecule has 0 saturated heterocycles. The van der Waals surface area contributed by atoms with Crippen LogP contribution in [0.1, 0.15) is 59.3 Å². The first-order valence-electron chi connectivity index (χ1n) is 13.9. The molecule has 1 amide bonds. The number of carbonyl (C=O) groups excluding carboxylic acids is 1. The Bertz CT molecular complexity index is 1700. The zero-order valence-corrected chi connectivity index (χ0v) is 23.9. The first kappa shape index (κ1) is 27.4. The summed E-state index contributed by atoms with van der Waals surface area (Å²) in [6.07, 6.45) is 6.47. The van der Waals surface area contributed by atoms with Gasteiger partial charge in [0.1, 0.15) is 11.6 Å². The van der Waals surface area contributed by atoms with Crippen LogP contribution in [0.3, 0.4) is 0 Å². The van der Waals surface area contributed by atoms with Crippen molar-refractivity contribution in [2.75, 3.05) is 4.90 Å². The van der Waals surface area contributed by atoms with Crippen molar-refractivity contribution in [1.29, 1.82) is 0 Å². The van der Waals surface area contributed by atoms with E-state index in [4.69, 9.17) is 0 Å². The second-order valence-corrected chi connectivity index (χ2v) is 12.8. The number of anilines is 1. The van der Waals surface area contributed by atoms with E-state index in [0.717, 1.165) is 35.4 Å². The molecule has 1 fully saturated rings. The Kier molecular flexibility index (Phi) is 7.25. The largest absolute Gasteiger partial charge is 0.337 e. The van der Waals surface area contributed by atoms with Gasteiger partial charge in [0.25, 0.3) is 0 Å². The quantitative estimate of drug-likeness (QED) is 0.300. The summed E-state index contributed by atoms with van der Waals surface area (Å²) >= 11 is 0. The number of rotatable bonds is 8. The number of hydrogen-bond donors (Lipinski definition) is 1. The predicted molar refractivity (Wildman–Crippen MR) is 155 cm³/mol. The molecule has 0 bridgehead atoms. The molecule has 4 aromatic rings. The Labute approximate surface area is 240 Å². The average Bonchev–Trinajstić information content (AvgIpc) is 3.65. The molecule has 1 heterocycles. The number of carbonyl (C=O) groups is 1. The average molecular weight is 573 g/mol. The summed E-state index contributed by atoms with van der Waals surface area (Å²) in [6.45, 7) is 2.17. The third kappa shape index (κ3) is 5.56. The molecule has 9 heteroatoms. The van der Waals surface area contributed by atoms with Crippen LogP contribution in [0.5, 0.6) is 0 Å². The lowest BCUT2D eigenvalue weighted by atomic mass is 9.87. The third-order valence-electron chi connectivity index (χ3n) is 8.28. The van der Waals surface area contributed by atoms with Crippen molar-refractivity contribution >= 4 is 21.6 Å². The van der Waals surface area contributed by atoms with Crippen molar-refractivity contribution in [3.05, 3.63) is 113 Å². The van der Waals surface area contributed by atoms with Crippen LogP contribution in [0.2, 0.25) is 0 Å². The zero-order chi connectivity index (χ0) is 28.7. The number of aromatic nitrogens is 2. The summed E-state index contributed by atoms with van der Waals surface area (Å²) in [5.41, 5.74) is 4.18. The molecule has 1 saturated carbocycles. The van der Waals surface area contributed by atoms with Gasteiger partial charge in [-0.15, -0.1) is 0 Å². The Morgan fingerprint density at radius 3 is 2.61 bits per heavy atom. The molecule has 3 aromatic carbocycles. The number of fused-ring (bicyclic) bond motifs is 1. The second kappa shape index (κ2) is 10.9. The number of aryl methyl sites for hydroxylation is 3. The van der Waals surface area contributed by atoms with Crippen molar-refractivity contribution in [1.82, 2.24) is 14.3 Å². The van der Waals surface area contributed by atoms with Gasteiger partial charge >= 0.3 is 0 Å². The van der Waals surface area contributed by atoms with Crippen LogP contribution in [0.4, 0.5) is 10.1 Å². The van der Waals surface area contributed by atoms with Crippen LogP contribution >= 0.6 is 0 Å². The topological polar surface area (TPSA) is 84.3 Å². The molecule has 3 atom stereocenters. The number of hydrogen-bond acceptors (Lipinski definition) is 4. The molecule has 1 aromatic heterocycles. The second-order valence-electron chi connectivity index (χ2n) is 11.1. The Morgan fingerprint density at radius 2 is 1.88 bits per heavy atom. The molecule has 2 aliphatic rings. The molecule has 0 unspecified atom stereocenters. The highest BCUT2D eigenvalue weighted by atomic mass is 32.2. The summed E-state index contributed by atoms with van der Waals surface area (Å²) in [6, 6.07) is 18.9. The van der Waals surface area contributed by atoms with Crippen LogP contribution in [-0.2, 0) is 34.8 Å². The fourth-order valence-electron chi connectivity index (χ4n) is 5.82. The van der Waals surface area contributed by atoms with E-state index in [1.807, 2.05) is 42.9 Å². The molecular weight excluding hydrogens is 539 g/mol. The van der Waals surface area contributed by atoms with Crippen LogP contribution in [0, 0.1) is 18.7 Å². The van der Waals surface area contributed by atoms with Gasteiger partial charge < -0.3 is 9.47 Å². The Morgan fingerprint density at radius 1 is 1.10 bits per heavy atom. The minimum absolute atomic E-state index is 0.0891. The van der Waals surface area contributed by atoms with Gasteiger partial charge in [-0.3, -0.25) is 4.79 Å². The zero-order valence-electron chi connectivity index (χ0n) is 23.1. The van der Waals surface area contributed by atoms with Crippen molar-refractivity contribution in [2.24, 2.45) is 13.0 Å². The van der Waals surface area contributed by atoms with E-state index in [9.17, 15) is 17.6 Å². The van der Waals surface area contributed by atoms with Gasteiger partial charge in [-0.1, -0.05) is 42.0 Å². The molecule has 2 aliphatic carbocycles. The number of halogens is 1.